The first kappa shape index (κ1) is 15.6. The number of likely N-dealkylation sites (tertiary alicyclic amines) is 1. The van der Waals surface area contributed by atoms with Crippen LogP contribution < -0.4 is 5.56 Å². The van der Waals surface area contributed by atoms with Crippen molar-refractivity contribution in [2.45, 2.75) is 32.6 Å². The minimum absolute atomic E-state index is 0.0381. The summed E-state index contributed by atoms with van der Waals surface area (Å²) in [5.41, 5.74) is 2.49. The molecule has 130 valence electrons. The molecule has 0 atom stereocenters. The van der Waals surface area contributed by atoms with Crippen molar-refractivity contribution in [3.8, 4) is 0 Å². The van der Waals surface area contributed by atoms with Crippen molar-refractivity contribution in [1.29, 1.82) is 0 Å². The van der Waals surface area contributed by atoms with Gasteiger partial charge in [-0.2, -0.15) is 0 Å². The number of nitrogens with one attached hydrogen (secondary N) is 1. The summed E-state index contributed by atoms with van der Waals surface area (Å²) >= 11 is 0. The van der Waals surface area contributed by atoms with Crippen LogP contribution in [0.3, 0.4) is 0 Å². The summed E-state index contributed by atoms with van der Waals surface area (Å²) in [6.07, 6.45) is 3.25. The van der Waals surface area contributed by atoms with Crippen LogP contribution in [0.4, 0.5) is 0 Å². The Morgan fingerprint density at radius 3 is 2.76 bits per heavy atom. The van der Waals surface area contributed by atoms with Gasteiger partial charge < -0.3 is 9.42 Å². The molecule has 1 aliphatic rings. The molecule has 0 aromatic carbocycles. The van der Waals surface area contributed by atoms with Gasteiger partial charge in [0.1, 0.15) is 11.3 Å². The Kier molecular flexibility index (Phi) is 3.67. The van der Waals surface area contributed by atoms with Crippen LogP contribution in [0.1, 0.15) is 46.3 Å². The molecule has 0 spiro atoms. The van der Waals surface area contributed by atoms with Crippen molar-refractivity contribution in [2.24, 2.45) is 0 Å². The third-order valence-corrected chi connectivity index (χ3v) is 4.85. The maximum atomic E-state index is 12.7. The summed E-state index contributed by atoms with van der Waals surface area (Å²) in [5.74, 6) is 0.697. The van der Waals surface area contributed by atoms with Crippen LogP contribution in [-0.4, -0.2) is 43.7 Å². The highest BCUT2D eigenvalue weighted by Crippen LogP contribution is 2.28. The first-order valence-corrected chi connectivity index (χ1v) is 8.34. The van der Waals surface area contributed by atoms with Crippen molar-refractivity contribution >= 4 is 11.6 Å². The molecule has 1 aliphatic heterocycles. The molecule has 8 heteroatoms. The molecule has 4 rings (SSSR count). The largest absolute Gasteiger partial charge is 0.361 e. The van der Waals surface area contributed by atoms with Gasteiger partial charge in [0.25, 0.3) is 11.5 Å². The summed E-state index contributed by atoms with van der Waals surface area (Å²) in [6.45, 7) is 4.78. The van der Waals surface area contributed by atoms with E-state index in [9.17, 15) is 9.59 Å². The number of fused-ring (bicyclic) bond motifs is 1. The molecular weight excluding hydrogens is 322 g/mol. The summed E-state index contributed by atoms with van der Waals surface area (Å²) in [6, 6.07) is 3.36. The van der Waals surface area contributed by atoms with Crippen LogP contribution in [0.15, 0.2) is 27.6 Å². The zero-order valence-electron chi connectivity index (χ0n) is 14.2. The Bertz CT molecular complexity index is 972. The van der Waals surface area contributed by atoms with Crippen LogP contribution in [0.5, 0.6) is 0 Å². The van der Waals surface area contributed by atoms with Gasteiger partial charge in [0.15, 0.2) is 5.65 Å². The van der Waals surface area contributed by atoms with Gasteiger partial charge in [-0.25, -0.2) is 9.50 Å². The van der Waals surface area contributed by atoms with Gasteiger partial charge >= 0.3 is 0 Å². The standard InChI is InChI=1S/C17H19N5O3/c1-10-16(11(2)25-20-10)17(24)21-7-4-12(5-8-21)13-9-15(23)22-14(19-13)3-6-18-22/h3,6,9,12,18H,4-5,7-8H2,1-2H3. The number of carbonyl (C=O) groups excluding carboxylic acids is 1. The Balaban J connectivity index is 1.51. The van der Waals surface area contributed by atoms with Gasteiger partial charge in [0.05, 0.1) is 11.4 Å². The van der Waals surface area contributed by atoms with Gasteiger partial charge in [0, 0.05) is 37.3 Å². The van der Waals surface area contributed by atoms with Crippen molar-refractivity contribution in [3.63, 3.8) is 0 Å². The lowest BCUT2D eigenvalue weighted by Gasteiger charge is -2.31. The molecule has 3 aromatic heterocycles. The summed E-state index contributed by atoms with van der Waals surface area (Å²) in [7, 11) is 0. The lowest BCUT2D eigenvalue weighted by molar-refractivity contribution is 0.0709. The molecule has 4 heterocycles. The van der Waals surface area contributed by atoms with E-state index >= 15 is 0 Å². The first-order valence-electron chi connectivity index (χ1n) is 8.34. The van der Waals surface area contributed by atoms with Gasteiger partial charge in [-0.15, -0.1) is 0 Å². The molecule has 3 aromatic rings. The van der Waals surface area contributed by atoms with Crippen molar-refractivity contribution in [2.75, 3.05) is 13.1 Å². The highest BCUT2D eigenvalue weighted by molar-refractivity contribution is 5.96. The van der Waals surface area contributed by atoms with E-state index in [-0.39, 0.29) is 17.4 Å². The number of rotatable bonds is 2. The molecular formula is C17H19N5O3. The van der Waals surface area contributed by atoms with E-state index < -0.39 is 0 Å². The van der Waals surface area contributed by atoms with Crippen molar-refractivity contribution in [1.82, 2.24) is 24.7 Å². The van der Waals surface area contributed by atoms with E-state index in [4.69, 9.17) is 4.52 Å². The smallest absolute Gasteiger partial charge is 0.272 e. The van der Waals surface area contributed by atoms with E-state index in [1.54, 1.807) is 32.2 Å². The number of piperidine rings is 1. The number of amides is 1. The SMILES string of the molecule is Cc1noc(C)c1C(=O)N1CCC(c2cc(=O)n3[nH]ccc3n2)CC1. The van der Waals surface area contributed by atoms with Crippen LogP contribution in [0, 0.1) is 13.8 Å². The van der Waals surface area contributed by atoms with E-state index in [0.717, 1.165) is 18.5 Å². The fourth-order valence-corrected chi connectivity index (χ4v) is 3.48. The minimum Gasteiger partial charge on any atom is -0.361 e. The van der Waals surface area contributed by atoms with Gasteiger partial charge in [0.2, 0.25) is 0 Å². The maximum absolute atomic E-state index is 12.7. The third kappa shape index (κ3) is 2.63. The molecule has 1 saturated heterocycles. The zero-order valence-corrected chi connectivity index (χ0v) is 14.2. The van der Waals surface area contributed by atoms with Gasteiger partial charge in [-0.1, -0.05) is 5.16 Å². The molecule has 0 saturated carbocycles. The summed E-state index contributed by atoms with van der Waals surface area (Å²) in [4.78, 5) is 31.2. The molecule has 0 aliphatic carbocycles. The topological polar surface area (TPSA) is 96.5 Å². The number of hydrogen-bond donors (Lipinski definition) is 1. The lowest BCUT2D eigenvalue weighted by Crippen LogP contribution is -2.38. The van der Waals surface area contributed by atoms with E-state index in [1.165, 1.54) is 4.52 Å². The van der Waals surface area contributed by atoms with Crippen molar-refractivity contribution in [3.05, 3.63) is 51.4 Å². The molecule has 0 bridgehead atoms. The Morgan fingerprint density at radius 2 is 2.08 bits per heavy atom. The highest BCUT2D eigenvalue weighted by atomic mass is 16.5. The fourth-order valence-electron chi connectivity index (χ4n) is 3.48. The number of aromatic amines is 1. The van der Waals surface area contributed by atoms with Crippen LogP contribution in [0.2, 0.25) is 0 Å². The van der Waals surface area contributed by atoms with E-state index in [0.29, 0.717) is 35.8 Å². The summed E-state index contributed by atoms with van der Waals surface area (Å²) in [5, 5.41) is 6.70. The number of aromatic nitrogens is 4. The normalized spacial score (nSPS) is 15.8. The second kappa shape index (κ2) is 5.87. The zero-order chi connectivity index (χ0) is 17.6. The maximum Gasteiger partial charge on any atom is 0.272 e. The lowest BCUT2D eigenvalue weighted by atomic mass is 9.93. The molecule has 1 N–H and O–H groups in total. The van der Waals surface area contributed by atoms with Gasteiger partial charge in [-0.3, -0.25) is 14.7 Å². The monoisotopic (exact) mass is 341 g/mol. The van der Waals surface area contributed by atoms with E-state index in [1.807, 2.05) is 4.90 Å². The second-order valence-corrected chi connectivity index (χ2v) is 6.44. The van der Waals surface area contributed by atoms with Crippen LogP contribution in [0.25, 0.3) is 5.65 Å². The predicted molar refractivity (Wildman–Crippen MR) is 89.7 cm³/mol. The highest BCUT2D eigenvalue weighted by Gasteiger charge is 2.29. The van der Waals surface area contributed by atoms with Crippen LogP contribution in [-0.2, 0) is 0 Å². The second-order valence-electron chi connectivity index (χ2n) is 6.44. The van der Waals surface area contributed by atoms with Gasteiger partial charge in [-0.05, 0) is 26.7 Å². The van der Waals surface area contributed by atoms with Crippen molar-refractivity contribution < 1.29 is 9.32 Å². The molecule has 0 unspecified atom stereocenters. The molecule has 8 nitrogen and oxygen atoms in total. The third-order valence-electron chi connectivity index (χ3n) is 4.85. The molecule has 0 radical (unpaired) electrons. The molecule has 1 amide bonds. The molecule has 25 heavy (non-hydrogen) atoms. The Morgan fingerprint density at radius 1 is 1.32 bits per heavy atom. The average molecular weight is 341 g/mol. The van der Waals surface area contributed by atoms with Crippen LogP contribution >= 0.6 is 0 Å². The predicted octanol–water partition coefficient (Wildman–Crippen LogP) is 1.65. The quantitative estimate of drug-likeness (QED) is 0.764. The van der Waals surface area contributed by atoms with E-state index in [2.05, 4.69) is 15.2 Å². The fraction of sp³-hybridized carbons (Fsp3) is 0.412. The summed E-state index contributed by atoms with van der Waals surface area (Å²) < 4.78 is 6.51. The molecule has 1 fully saturated rings. The number of carbonyl (C=O) groups is 1. The number of nitrogens with zero attached hydrogens (tertiary/aromatic N) is 4. The Labute approximate surface area is 143 Å². The average Bonchev–Trinajstić information content (AvgIpc) is 3.21. The number of aryl methyl sites for hydroxylation is 2. The first-order chi connectivity index (χ1) is 12.0. The number of H-pyrrole nitrogens is 1. The minimum atomic E-state index is -0.112. The Hall–Kier alpha value is -2.90. The number of hydrogen-bond acceptors (Lipinski definition) is 5.